The highest BCUT2D eigenvalue weighted by Crippen LogP contribution is 2.39. The smallest absolute Gasteiger partial charge is 0.407 e. The number of alkyl carbamates (subject to hydrolysis) is 1. The predicted molar refractivity (Wildman–Crippen MR) is 224 cm³/mol. The normalized spacial score (nSPS) is 15.6. The zero-order chi connectivity index (χ0) is 41.7. The summed E-state index contributed by atoms with van der Waals surface area (Å²) in [5.41, 5.74) is 7.91. The van der Waals surface area contributed by atoms with Gasteiger partial charge in [-0.25, -0.2) is 24.5 Å². The van der Waals surface area contributed by atoms with Crippen LogP contribution >= 0.6 is 0 Å². The zero-order valence-electron chi connectivity index (χ0n) is 33.3. The van der Waals surface area contributed by atoms with Crippen molar-refractivity contribution in [2.24, 2.45) is 0 Å². The van der Waals surface area contributed by atoms with Crippen molar-refractivity contribution in [3.05, 3.63) is 137 Å². The number of hydrogen-bond donors (Lipinski definition) is 2. The molecular formula is C47H46FN5O7. The number of nitrogens with one attached hydrogen (secondary N) is 2. The molecule has 1 aromatic heterocycles. The third kappa shape index (κ3) is 11.0. The van der Waals surface area contributed by atoms with E-state index in [2.05, 4.69) is 15.7 Å². The van der Waals surface area contributed by atoms with Gasteiger partial charge in [0.2, 0.25) is 0 Å². The lowest BCUT2D eigenvalue weighted by Gasteiger charge is -2.33. The number of methoxy groups -OCH3 is 1. The molecule has 1 atom stereocenters. The van der Waals surface area contributed by atoms with Crippen LogP contribution in [0.1, 0.15) is 54.4 Å². The summed E-state index contributed by atoms with van der Waals surface area (Å²) in [5, 5.41) is 12.2. The summed E-state index contributed by atoms with van der Waals surface area (Å²) in [6.07, 6.45) is 7.55. The van der Waals surface area contributed by atoms with Gasteiger partial charge in [0.1, 0.15) is 30.4 Å². The average Bonchev–Trinajstić information content (AvgIpc) is 3.29. The molecule has 2 aliphatic rings. The molecule has 308 valence electrons. The number of halogens is 1. The van der Waals surface area contributed by atoms with Crippen LogP contribution in [0.25, 0.3) is 28.3 Å². The van der Waals surface area contributed by atoms with E-state index in [1.165, 1.54) is 18.2 Å². The fourth-order valence-corrected chi connectivity index (χ4v) is 7.00. The summed E-state index contributed by atoms with van der Waals surface area (Å²) in [7, 11) is 1.59. The van der Waals surface area contributed by atoms with Crippen LogP contribution in [0.4, 0.5) is 15.0 Å². The van der Waals surface area contributed by atoms with Gasteiger partial charge in [-0.2, -0.15) is 5.26 Å². The molecule has 2 amide bonds. The van der Waals surface area contributed by atoms with E-state index in [-0.39, 0.29) is 24.1 Å². The Morgan fingerprint density at radius 2 is 1.70 bits per heavy atom. The number of rotatable bonds is 14. The van der Waals surface area contributed by atoms with Crippen LogP contribution in [0.15, 0.2) is 109 Å². The molecule has 5 aromatic rings. The fraction of sp³-hybridized carbons (Fsp3) is 0.277. The summed E-state index contributed by atoms with van der Waals surface area (Å²) in [4.78, 5) is 37.2. The quantitative estimate of drug-likeness (QED) is 0.0828. The SMILES string of the molecule is COc1ccc(-c2cnc(N3CCC(OC(=O)NCc4ccc(/C=C/C(=O)NOC5CCCCO5)cc4)CC3)cc2-c2ccc(C#N)c(F)c2)cc1OCc1ccccc1. The molecule has 2 saturated heterocycles. The van der Waals surface area contributed by atoms with Crippen molar-refractivity contribution in [2.75, 3.05) is 31.7 Å². The molecule has 2 N–H and O–H groups in total. The van der Waals surface area contributed by atoms with E-state index in [9.17, 15) is 14.9 Å². The number of amides is 2. The molecule has 0 radical (unpaired) electrons. The van der Waals surface area contributed by atoms with Crippen LogP contribution in [-0.2, 0) is 32.3 Å². The highest BCUT2D eigenvalue weighted by molar-refractivity contribution is 5.91. The van der Waals surface area contributed by atoms with E-state index < -0.39 is 18.2 Å². The van der Waals surface area contributed by atoms with Crippen LogP contribution < -0.4 is 25.2 Å². The standard InChI is InChI=1S/C47H46FN5O7/c1-56-42-18-17-36(26-43(42)58-31-34-7-3-2-4-8-34)40-30-50-44(27-39(40)35-15-16-37(28-49)41(48)25-35)53-22-20-38(21-23-53)59-47(55)51-29-33-12-10-32(11-13-33)14-19-45(54)52-60-46-9-5-6-24-57-46/h2-4,7-8,10-19,25-27,30,38,46H,5-6,9,20-24,29,31H2,1H3,(H,51,55)(H,52,54)/b19-14+. The Hall–Kier alpha value is -6.75. The van der Waals surface area contributed by atoms with Gasteiger partial charge in [0.25, 0.3) is 5.91 Å². The van der Waals surface area contributed by atoms with E-state index in [4.69, 9.17) is 28.8 Å². The number of hydrogen-bond acceptors (Lipinski definition) is 10. The van der Waals surface area contributed by atoms with Crippen molar-refractivity contribution in [2.45, 2.75) is 57.6 Å². The number of carbonyl (C=O) groups excluding carboxylic acids is 2. The minimum atomic E-state index is -0.611. The number of carbonyl (C=O) groups is 2. The van der Waals surface area contributed by atoms with Crippen LogP contribution in [0, 0.1) is 17.1 Å². The van der Waals surface area contributed by atoms with Gasteiger partial charge >= 0.3 is 6.09 Å². The topological polar surface area (TPSA) is 144 Å². The van der Waals surface area contributed by atoms with Gasteiger partial charge in [0, 0.05) is 63.3 Å². The summed E-state index contributed by atoms with van der Waals surface area (Å²) >= 11 is 0. The highest BCUT2D eigenvalue weighted by Gasteiger charge is 2.25. The monoisotopic (exact) mass is 811 g/mol. The number of hydroxylamine groups is 1. The summed E-state index contributed by atoms with van der Waals surface area (Å²) < 4.78 is 38.0. The third-order valence-electron chi connectivity index (χ3n) is 10.3. The lowest BCUT2D eigenvalue weighted by atomic mass is 9.95. The van der Waals surface area contributed by atoms with Gasteiger partial charge < -0.3 is 29.2 Å². The maximum Gasteiger partial charge on any atom is 0.407 e. The molecule has 4 aromatic carbocycles. The number of nitriles is 1. The van der Waals surface area contributed by atoms with Crippen molar-refractivity contribution >= 4 is 23.9 Å². The molecule has 12 nitrogen and oxygen atoms in total. The number of nitrogens with zero attached hydrogens (tertiary/aromatic N) is 3. The van der Waals surface area contributed by atoms with E-state index in [1.54, 1.807) is 25.4 Å². The molecular weight excluding hydrogens is 766 g/mol. The van der Waals surface area contributed by atoms with Crippen LogP contribution in [0.2, 0.25) is 0 Å². The lowest BCUT2D eigenvalue weighted by molar-refractivity contribution is -0.198. The Kier molecular flexibility index (Phi) is 14.0. The molecule has 0 aliphatic carbocycles. The van der Waals surface area contributed by atoms with Gasteiger partial charge in [-0.3, -0.25) is 4.79 Å². The van der Waals surface area contributed by atoms with E-state index in [0.29, 0.717) is 62.0 Å². The molecule has 2 aliphatic heterocycles. The number of piperidine rings is 1. The number of pyridine rings is 1. The van der Waals surface area contributed by atoms with E-state index in [1.807, 2.05) is 84.9 Å². The second-order valence-corrected chi connectivity index (χ2v) is 14.4. The molecule has 7 rings (SSSR count). The average molecular weight is 812 g/mol. The first-order valence-corrected chi connectivity index (χ1v) is 19.9. The first-order valence-electron chi connectivity index (χ1n) is 19.9. The Bertz CT molecular complexity index is 2320. The number of ether oxygens (including phenoxy) is 4. The Morgan fingerprint density at radius 1 is 0.917 bits per heavy atom. The molecule has 0 spiro atoms. The summed E-state index contributed by atoms with van der Waals surface area (Å²) in [6.45, 7) is 2.41. The van der Waals surface area contributed by atoms with Gasteiger partial charge in [0.15, 0.2) is 17.8 Å². The summed E-state index contributed by atoms with van der Waals surface area (Å²) in [6, 6.07) is 31.3. The van der Waals surface area contributed by atoms with Crippen molar-refractivity contribution in [1.82, 2.24) is 15.8 Å². The molecule has 0 saturated carbocycles. The minimum Gasteiger partial charge on any atom is -0.493 e. The maximum atomic E-state index is 15.0. The first kappa shape index (κ1) is 41.4. The highest BCUT2D eigenvalue weighted by atomic mass is 19.1. The van der Waals surface area contributed by atoms with E-state index >= 15 is 4.39 Å². The van der Waals surface area contributed by atoms with Crippen LogP contribution in [0.5, 0.6) is 11.5 Å². The molecule has 60 heavy (non-hydrogen) atoms. The Balaban J connectivity index is 0.954. The second-order valence-electron chi connectivity index (χ2n) is 14.4. The lowest BCUT2D eigenvalue weighted by Crippen LogP contribution is -2.39. The predicted octanol–water partition coefficient (Wildman–Crippen LogP) is 8.50. The van der Waals surface area contributed by atoms with Crippen molar-refractivity contribution in [3.8, 4) is 39.8 Å². The molecule has 2 fully saturated rings. The molecule has 13 heteroatoms. The number of aromatic nitrogens is 1. The first-order chi connectivity index (χ1) is 29.3. The third-order valence-corrected chi connectivity index (χ3v) is 10.3. The van der Waals surface area contributed by atoms with Crippen molar-refractivity contribution in [3.63, 3.8) is 0 Å². The maximum absolute atomic E-state index is 15.0. The second kappa shape index (κ2) is 20.3. The van der Waals surface area contributed by atoms with Crippen molar-refractivity contribution in [1.29, 1.82) is 5.26 Å². The fourth-order valence-electron chi connectivity index (χ4n) is 7.00. The Labute approximate surface area is 348 Å². The number of benzene rings is 4. The van der Waals surface area contributed by atoms with Crippen molar-refractivity contribution < 1.29 is 37.8 Å². The zero-order valence-corrected chi connectivity index (χ0v) is 33.3. The summed E-state index contributed by atoms with van der Waals surface area (Å²) in [5.74, 6) is 0.817. The molecule has 0 bridgehead atoms. The minimum absolute atomic E-state index is 0.0395. The van der Waals surface area contributed by atoms with Gasteiger partial charge in [-0.1, -0.05) is 66.7 Å². The van der Waals surface area contributed by atoms with Crippen LogP contribution in [-0.4, -0.2) is 56.2 Å². The number of anilines is 1. The van der Waals surface area contributed by atoms with E-state index in [0.717, 1.165) is 52.6 Å². The van der Waals surface area contributed by atoms with Gasteiger partial charge in [-0.15, -0.1) is 0 Å². The van der Waals surface area contributed by atoms with Crippen LogP contribution in [0.3, 0.4) is 0 Å². The Morgan fingerprint density at radius 3 is 2.43 bits per heavy atom. The van der Waals surface area contributed by atoms with Gasteiger partial charge in [-0.05, 0) is 82.6 Å². The molecule has 3 heterocycles. The largest absolute Gasteiger partial charge is 0.493 e. The van der Waals surface area contributed by atoms with Gasteiger partial charge in [0.05, 0.1) is 12.7 Å². The molecule has 1 unspecified atom stereocenters.